The lowest BCUT2D eigenvalue weighted by molar-refractivity contribution is -0.120. The SMILES string of the molecule is COc1ccc(CCNC(=O)CCNC(=O)c2ccc(F)cc2F)cc1OC(F)F. The Balaban J connectivity index is 1.75. The van der Waals surface area contributed by atoms with Gasteiger partial charge in [-0.05, 0) is 36.2 Å². The number of ether oxygens (including phenoxy) is 2. The van der Waals surface area contributed by atoms with Crippen LogP contribution in [0, 0.1) is 11.6 Å². The number of halogens is 4. The third-order valence-corrected chi connectivity index (χ3v) is 3.99. The number of alkyl halides is 2. The van der Waals surface area contributed by atoms with E-state index in [1.807, 2.05) is 0 Å². The van der Waals surface area contributed by atoms with Gasteiger partial charge in [0.15, 0.2) is 11.5 Å². The van der Waals surface area contributed by atoms with Crippen molar-refractivity contribution in [2.45, 2.75) is 19.5 Å². The van der Waals surface area contributed by atoms with Crippen molar-refractivity contribution in [2.75, 3.05) is 20.2 Å². The molecule has 0 bridgehead atoms. The molecule has 2 amide bonds. The molecule has 0 unspecified atom stereocenters. The number of methoxy groups -OCH3 is 1. The molecule has 10 heteroatoms. The van der Waals surface area contributed by atoms with E-state index in [0.717, 1.165) is 12.1 Å². The van der Waals surface area contributed by atoms with Gasteiger partial charge in [0, 0.05) is 25.6 Å². The minimum Gasteiger partial charge on any atom is -0.493 e. The summed E-state index contributed by atoms with van der Waals surface area (Å²) in [5.74, 6) is -2.86. The minimum absolute atomic E-state index is 0.0452. The van der Waals surface area contributed by atoms with Gasteiger partial charge in [0.25, 0.3) is 5.91 Å². The first-order valence-electron chi connectivity index (χ1n) is 8.92. The molecular formula is C20H20F4N2O4. The fraction of sp³-hybridized carbons (Fsp3) is 0.300. The van der Waals surface area contributed by atoms with E-state index >= 15 is 0 Å². The molecule has 0 aliphatic carbocycles. The summed E-state index contributed by atoms with van der Waals surface area (Å²) >= 11 is 0. The van der Waals surface area contributed by atoms with Gasteiger partial charge in [-0.2, -0.15) is 8.78 Å². The summed E-state index contributed by atoms with van der Waals surface area (Å²) in [6.45, 7) is -2.82. The summed E-state index contributed by atoms with van der Waals surface area (Å²) < 4.78 is 60.6. The van der Waals surface area contributed by atoms with Gasteiger partial charge in [-0.25, -0.2) is 8.78 Å². The molecule has 0 heterocycles. The van der Waals surface area contributed by atoms with Gasteiger partial charge in [-0.1, -0.05) is 6.07 Å². The van der Waals surface area contributed by atoms with Crippen molar-refractivity contribution in [3.05, 3.63) is 59.2 Å². The minimum atomic E-state index is -2.99. The lowest BCUT2D eigenvalue weighted by Gasteiger charge is -2.12. The van der Waals surface area contributed by atoms with Crippen molar-refractivity contribution in [3.8, 4) is 11.5 Å². The summed E-state index contributed by atoms with van der Waals surface area (Å²) in [6.07, 6.45) is 0.291. The fourth-order valence-electron chi connectivity index (χ4n) is 2.56. The maximum atomic E-state index is 13.5. The third kappa shape index (κ3) is 6.94. The standard InChI is InChI=1S/C20H20F4N2O4/c1-29-16-5-2-12(10-17(16)30-20(23)24)6-8-25-18(27)7-9-26-19(28)14-4-3-13(21)11-15(14)22/h2-5,10-11,20H,6-9H2,1H3,(H,25,27)(H,26,28). The molecule has 2 N–H and O–H groups in total. The van der Waals surface area contributed by atoms with Gasteiger partial charge in [0.2, 0.25) is 5.91 Å². The Labute approximate surface area is 170 Å². The van der Waals surface area contributed by atoms with Crippen LogP contribution in [0.3, 0.4) is 0 Å². The van der Waals surface area contributed by atoms with E-state index in [1.54, 1.807) is 6.07 Å². The highest BCUT2D eigenvalue weighted by atomic mass is 19.3. The van der Waals surface area contributed by atoms with Crippen LogP contribution in [0.2, 0.25) is 0 Å². The number of hydrogen-bond donors (Lipinski definition) is 2. The molecule has 0 spiro atoms. The molecule has 0 saturated heterocycles. The van der Waals surface area contributed by atoms with E-state index in [4.69, 9.17) is 4.74 Å². The molecule has 0 aromatic heterocycles. The van der Waals surface area contributed by atoms with Crippen molar-refractivity contribution >= 4 is 11.8 Å². The van der Waals surface area contributed by atoms with Crippen molar-refractivity contribution in [3.63, 3.8) is 0 Å². The third-order valence-electron chi connectivity index (χ3n) is 3.99. The highest BCUT2D eigenvalue weighted by Gasteiger charge is 2.13. The lowest BCUT2D eigenvalue weighted by atomic mass is 10.1. The van der Waals surface area contributed by atoms with E-state index in [0.29, 0.717) is 18.1 Å². The molecular weight excluding hydrogens is 408 g/mol. The summed E-state index contributed by atoms with van der Waals surface area (Å²) in [5, 5.41) is 4.99. The van der Waals surface area contributed by atoms with Crippen LogP contribution in [0.4, 0.5) is 17.6 Å². The Morgan fingerprint density at radius 2 is 1.77 bits per heavy atom. The average molecular weight is 428 g/mol. The molecule has 0 atom stereocenters. The van der Waals surface area contributed by atoms with Gasteiger partial charge in [-0.3, -0.25) is 9.59 Å². The largest absolute Gasteiger partial charge is 0.493 e. The monoisotopic (exact) mass is 428 g/mol. The van der Waals surface area contributed by atoms with Crippen LogP contribution in [0.25, 0.3) is 0 Å². The molecule has 2 aromatic carbocycles. The summed E-state index contributed by atoms with van der Waals surface area (Å²) in [6, 6.07) is 7.11. The van der Waals surface area contributed by atoms with Gasteiger partial charge in [-0.15, -0.1) is 0 Å². The van der Waals surface area contributed by atoms with E-state index in [1.165, 1.54) is 19.2 Å². The van der Waals surface area contributed by atoms with Crippen LogP contribution in [0.5, 0.6) is 11.5 Å². The number of amides is 2. The van der Waals surface area contributed by atoms with E-state index in [-0.39, 0.29) is 42.5 Å². The van der Waals surface area contributed by atoms with Gasteiger partial charge < -0.3 is 20.1 Å². The van der Waals surface area contributed by atoms with Crippen LogP contribution < -0.4 is 20.1 Å². The van der Waals surface area contributed by atoms with Gasteiger partial charge in [0.1, 0.15) is 11.6 Å². The second-order valence-corrected chi connectivity index (χ2v) is 6.09. The maximum absolute atomic E-state index is 13.5. The van der Waals surface area contributed by atoms with Crippen LogP contribution in [-0.4, -0.2) is 38.6 Å². The number of benzene rings is 2. The first-order valence-corrected chi connectivity index (χ1v) is 8.92. The zero-order chi connectivity index (χ0) is 22.1. The molecule has 162 valence electrons. The fourth-order valence-corrected chi connectivity index (χ4v) is 2.56. The Kier molecular flexibility index (Phi) is 8.45. The van der Waals surface area contributed by atoms with Crippen LogP contribution in [0.15, 0.2) is 36.4 Å². The highest BCUT2D eigenvalue weighted by molar-refractivity contribution is 5.94. The zero-order valence-electron chi connectivity index (χ0n) is 16.0. The van der Waals surface area contributed by atoms with Crippen LogP contribution in [0.1, 0.15) is 22.3 Å². The number of nitrogens with one attached hydrogen (secondary N) is 2. The Bertz CT molecular complexity index is 893. The molecule has 2 aromatic rings. The predicted octanol–water partition coefficient (Wildman–Crippen LogP) is 3.05. The Morgan fingerprint density at radius 1 is 1.00 bits per heavy atom. The van der Waals surface area contributed by atoms with E-state index in [2.05, 4.69) is 15.4 Å². The van der Waals surface area contributed by atoms with Crippen LogP contribution >= 0.6 is 0 Å². The van der Waals surface area contributed by atoms with Gasteiger partial charge >= 0.3 is 6.61 Å². The number of carbonyl (C=O) groups excluding carboxylic acids is 2. The normalized spacial score (nSPS) is 10.6. The summed E-state index contributed by atoms with van der Waals surface area (Å²) in [5.41, 5.74) is 0.324. The second-order valence-electron chi connectivity index (χ2n) is 6.09. The molecule has 6 nitrogen and oxygen atoms in total. The quantitative estimate of drug-likeness (QED) is 0.571. The highest BCUT2D eigenvalue weighted by Crippen LogP contribution is 2.29. The number of rotatable bonds is 10. The second kappa shape index (κ2) is 11.0. The summed E-state index contributed by atoms with van der Waals surface area (Å²) in [7, 11) is 1.33. The first-order chi connectivity index (χ1) is 14.3. The number of hydrogen-bond acceptors (Lipinski definition) is 4. The lowest BCUT2D eigenvalue weighted by Crippen LogP contribution is -2.32. The van der Waals surface area contributed by atoms with Crippen molar-refractivity contribution in [1.82, 2.24) is 10.6 Å². The van der Waals surface area contributed by atoms with E-state index < -0.39 is 24.2 Å². The molecule has 0 aliphatic rings. The smallest absolute Gasteiger partial charge is 0.387 e. The molecule has 2 rings (SSSR count). The van der Waals surface area contributed by atoms with Gasteiger partial charge in [0.05, 0.1) is 12.7 Å². The topological polar surface area (TPSA) is 76.7 Å². The molecule has 0 radical (unpaired) electrons. The first kappa shape index (κ1) is 23.0. The van der Waals surface area contributed by atoms with Crippen LogP contribution in [-0.2, 0) is 11.2 Å². The molecule has 0 saturated carbocycles. The molecule has 30 heavy (non-hydrogen) atoms. The van der Waals surface area contributed by atoms with Crippen molar-refractivity contribution in [1.29, 1.82) is 0 Å². The van der Waals surface area contributed by atoms with Crippen molar-refractivity contribution < 1.29 is 36.6 Å². The summed E-state index contributed by atoms with van der Waals surface area (Å²) in [4.78, 5) is 23.7. The number of carbonyl (C=O) groups is 2. The molecule has 0 aliphatic heterocycles. The molecule has 0 fully saturated rings. The van der Waals surface area contributed by atoms with Crippen molar-refractivity contribution in [2.24, 2.45) is 0 Å². The maximum Gasteiger partial charge on any atom is 0.387 e. The Morgan fingerprint density at radius 3 is 2.43 bits per heavy atom. The average Bonchev–Trinajstić information content (AvgIpc) is 2.67. The predicted molar refractivity (Wildman–Crippen MR) is 99.6 cm³/mol. The van der Waals surface area contributed by atoms with E-state index in [9.17, 15) is 27.2 Å². The zero-order valence-corrected chi connectivity index (χ0v) is 16.0. The Hall–Kier alpha value is -3.30.